The Bertz CT molecular complexity index is 687. The van der Waals surface area contributed by atoms with Crippen molar-refractivity contribution in [2.75, 3.05) is 0 Å². The summed E-state index contributed by atoms with van der Waals surface area (Å²) >= 11 is 0. The maximum atomic E-state index is 12.9. The van der Waals surface area contributed by atoms with Gasteiger partial charge in [0.05, 0.1) is 11.6 Å². The van der Waals surface area contributed by atoms with Crippen molar-refractivity contribution in [3.8, 4) is 0 Å². The number of hydrogen-bond donors (Lipinski definition) is 0. The summed E-state index contributed by atoms with van der Waals surface area (Å²) in [7, 11) is 0. The Morgan fingerprint density at radius 2 is 1.84 bits per heavy atom. The molecule has 1 unspecified atom stereocenters. The van der Waals surface area contributed by atoms with Crippen LogP contribution in [0.15, 0.2) is 64.0 Å². The fourth-order valence-corrected chi connectivity index (χ4v) is 2.95. The lowest BCUT2D eigenvalue weighted by Gasteiger charge is -2.14. The first-order chi connectivity index (χ1) is 12.1. The summed E-state index contributed by atoms with van der Waals surface area (Å²) in [5, 5.41) is 7.26. The van der Waals surface area contributed by atoms with E-state index in [2.05, 4.69) is 29.3 Å². The lowest BCUT2D eigenvalue weighted by Crippen LogP contribution is -2.18. The molecule has 0 radical (unpaired) electrons. The average Bonchev–Trinajstić information content (AvgIpc) is 2.96. The van der Waals surface area contributed by atoms with E-state index in [0.29, 0.717) is 12.1 Å². The van der Waals surface area contributed by atoms with Gasteiger partial charge in [0, 0.05) is 0 Å². The number of carbonyl (C=O) groups excluding carboxylic acids is 2. The first kappa shape index (κ1) is 19.0. The standard InChI is InChI=1S/C21H26N2O2/c1-3-4-5-6-7-8-12-15-18(17-13-10-9-11-14-17)20(24)19-16(2)22-23-21(19)25/h8-14,18H,3-7,15H2,1-2H3/b12-8+. The minimum absolute atomic E-state index is 0.130. The van der Waals surface area contributed by atoms with Crippen molar-refractivity contribution in [1.29, 1.82) is 0 Å². The van der Waals surface area contributed by atoms with E-state index in [-0.39, 0.29) is 17.3 Å². The summed E-state index contributed by atoms with van der Waals surface area (Å²) in [4.78, 5) is 24.8. The Kier molecular flexibility index (Phi) is 7.45. The molecule has 1 aromatic rings. The van der Waals surface area contributed by atoms with Crippen LogP contribution in [0.2, 0.25) is 0 Å². The predicted octanol–water partition coefficient (Wildman–Crippen LogP) is 5.52. The van der Waals surface area contributed by atoms with Crippen LogP contribution in [0, 0.1) is 0 Å². The Morgan fingerprint density at radius 3 is 2.48 bits per heavy atom. The van der Waals surface area contributed by atoms with Gasteiger partial charge in [-0.05, 0) is 31.7 Å². The van der Waals surface area contributed by atoms with Crippen LogP contribution in [-0.4, -0.2) is 11.7 Å². The van der Waals surface area contributed by atoms with E-state index in [0.717, 1.165) is 12.0 Å². The zero-order valence-corrected chi connectivity index (χ0v) is 15.1. The highest BCUT2D eigenvalue weighted by atomic mass is 16.2. The van der Waals surface area contributed by atoms with Gasteiger partial charge >= 0.3 is 5.91 Å². The Morgan fingerprint density at radius 1 is 1.08 bits per heavy atom. The number of Topliss-reactive ketones (excluding diaryl/α,β-unsaturated/α-hetero) is 1. The number of hydrogen-bond acceptors (Lipinski definition) is 3. The van der Waals surface area contributed by atoms with Crippen LogP contribution in [0.4, 0.5) is 0 Å². The van der Waals surface area contributed by atoms with Crippen molar-refractivity contribution < 1.29 is 9.59 Å². The molecule has 0 spiro atoms. The van der Waals surface area contributed by atoms with E-state index in [9.17, 15) is 9.59 Å². The van der Waals surface area contributed by atoms with E-state index >= 15 is 0 Å². The molecule has 1 heterocycles. The Labute approximate surface area is 149 Å². The molecule has 0 aliphatic carbocycles. The zero-order chi connectivity index (χ0) is 18.1. The number of carbonyl (C=O) groups is 2. The first-order valence-electron chi connectivity index (χ1n) is 9.06. The molecule has 25 heavy (non-hydrogen) atoms. The molecule has 0 N–H and O–H groups in total. The molecule has 0 aromatic heterocycles. The van der Waals surface area contributed by atoms with Crippen LogP contribution in [0.1, 0.15) is 63.9 Å². The second-order valence-electron chi connectivity index (χ2n) is 6.35. The Hall–Kier alpha value is -2.36. The second kappa shape index (κ2) is 9.82. The van der Waals surface area contributed by atoms with Gasteiger partial charge in [0.25, 0.3) is 0 Å². The molecule has 2 rings (SSSR count). The largest absolute Gasteiger partial charge is 0.300 e. The molecule has 4 heteroatoms. The molecule has 0 bridgehead atoms. The van der Waals surface area contributed by atoms with E-state index in [1.54, 1.807) is 6.92 Å². The van der Waals surface area contributed by atoms with Crippen LogP contribution in [0.5, 0.6) is 0 Å². The maximum absolute atomic E-state index is 12.9. The number of azo groups is 1. The zero-order valence-electron chi connectivity index (χ0n) is 15.1. The number of amides is 1. The third-order valence-electron chi connectivity index (χ3n) is 4.39. The van der Waals surface area contributed by atoms with Gasteiger partial charge in [-0.2, -0.15) is 5.11 Å². The molecular formula is C21H26N2O2. The number of benzene rings is 1. The number of unbranched alkanes of at least 4 members (excludes halogenated alkanes) is 4. The van der Waals surface area contributed by atoms with Crippen LogP contribution in [0.25, 0.3) is 0 Å². The third kappa shape index (κ3) is 5.31. The molecule has 0 saturated heterocycles. The lowest BCUT2D eigenvalue weighted by molar-refractivity contribution is -0.121. The van der Waals surface area contributed by atoms with Crippen LogP contribution >= 0.6 is 0 Å². The van der Waals surface area contributed by atoms with Crippen LogP contribution in [-0.2, 0) is 9.59 Å². The molecule has 0 saturated carbocycles. The second-order valence-corrected chi connectivity index (χ2v) is 6.35. The lowest BCUT2D eigenvalue weighted by atomic mass is 9.87. The third-order valence-corrected chi connectivity index (χ3v) is 4.39. The summed E-state index contributed by atoms with van der Waals surface area (Å²) in [5.41, 5.74) is 1.47. The predicted molar refractivity (Wildman–Crippen MR) is 99.3 cm³/mol. The van der Waals surface area contributed by atoms with Crippen LogP contribution < -0.4 is 0 Å². The smallest absolute Gasteiger partial charge is 0.293 e. The first-order valence-corrected chi connectivity index (χ1v) is 9.06. The average molecular weight is 338 g/mol. The molecule has 1 aliphatic rings. The van der Waals surface area contributed by atoms with Gasteiger partial charge in [0.15, 0.2) is 5.78 Å². The highest BCUT2D eigenvalue weighted by molar-refractivity contribution is 6.22. The van der Waals surface area contributed by atoms with Gasteiger partial charge in [-0.1, -0.05) is 68.7 Å². The topological polar surface area (TPSA) is 58.9 Å². The van der Waals surface area contributed by atoms with E-state index in [1.807, 2.05) is 30.3 Å². The quantitative estimate of drug-likeness (QED) is 0.320. The molecule has 4 nitrogen and oxygen atoms in total. The maximum Gasteiger partial charge on any atom is 0.300 e. The Balaban J connectivity index is 2.07. The highest BCUT2D eigenvalue weighted by Crippen LogP contribution is 2.29. The molecule has 1 amide bonds. The number of rotatable bonds is 10. The van der Waals surface area contributed by atoms with Crippen molar-refractivity contribution in [3.63, 3.8) is 0 Å². The fraction of sp³-hybridized carbons (Fsp3) is 0.429. The number of nitrogens with zero attached hydrogens (tertiary/aromatic N) is 2. The van der Waals surface area contributed by atoms with Gasteiger partial charge in [-0.3, -0.25) is 9.59 Å². The number of ketones is 1. The minimum atomic E-state index is -0.521. The molecule has 132 valence electrons. The minimum Gasteiger partial charge on any atom is -0.293 e. The normalized spacial score (nSPS) is 15.4. The van der Waals surface area contributed by atoms with E-state index < -0.39 is 5.91 Å². The highest BCUT2D eigenvalue weighted by Gasteiger charge is 2.31. The molecule has 1 atom stereocenters. The summed E-state index contributed by atoms with van der Waals surface area (Å²) in [6, 6.07) is 9.61. The van der Waals surface area contributed by atoms with Crippen molar-refractivity contribution >= 4 is 11.7 Å². The molecule has 1 aliphatic heterocycles. The summed E-state index contributed by atoms with van der Waals surface area (Å²) in [6.07, 6.45) is 10.7. The van der Waals surface area contributed by atoms with Gasteiger partial charge in [0.2, 0.25) is 0 Å². The van der Waals surface area contributed by atoms with Crippen molar-refractivity contribution in [1.82, 2.24) is 0 Å². The van der Waals surface area contributed by atoms with E-state index in [1.165, 1.54) is 25.7 Å². The van der Waals surface area contributed by atoms with Crippen molar-refractivity contribution in [2.24, 2.45) is 10.2 Å². The molecule has 0 fully saturated rings. The van der Waals surface area contributed by atoms with Crippen molar-refractivity contribution in [2.45, 2.75) is 58.3 Å². The summed E-state index contributed by atoms with van der Waals surface area (Å²) < 4.78 is 0. The van der Waals surface area contributed by atoms with Gasteiger partial charge in [-0.25, -0.2) is 0 Å². The molecule has 1 aromatic carbocycles. The van der Waals surface area contributed by atoms with Gasteiger partial charge in [-0.15, -0.1) is 5.11 Å². The molecular weight excluding hydrogens is 312 g/mol. The fourth-order valence-electron chi connectivity index (χ4n) is 2.95. The summed E-state index contributed by atoms with van der Waals surface area (Å²) in [5.74, 6) is -1.08. The van der Waals surface area contributed by atoms with E-state index in [4.69, 9.17) is 0 Å². The summed E-state index contributed by atoms with van der Waals surface area (Å²) in [6.45, 7) is 3.86. The van der Waals surface area contributed by atoms with Crippen molar-refractivity contribution in [3.05, 3.63) is 59.3 Å². The van der Waals surface area contributed by atoms with Crippen LogP contribution in [0.3, 0.4) is 0 Å². The number of allylic oxidation sites excluding steroid dienone is 3. The monoisotopic (exact) mass is 338 g/mol. The van der Waals surface area contributed by atoms with Gasteiger partial charge in [0.1, 0.15) is 5.57 Å². The van der Waals surface area contributed by atoms with Gasteiger partial charge < -0.3 is 0 Å². The SMILES string of the molecule is CCCCCC/C=C/CC(C(=O)C1=C(C)N=NC1=O)c1ccccc1.